The number of ether oxygens (including phenoxy) is 1. The lowest BCUT2D eigenvalue weighted by atomic mass is 10.0. The Morgan fingerprint density at radius 1 is 1.15 bits per heavy atom. The van der Waals surface area contributed by atoms with Crippen LogP contribution in [0, 0.1) is 5.82 Å². The third-order valence-electron chi connectivity index (χ3n) is 2.75. The average molecular weight is 274 g/mol. The normalized spacial score (nSPS) is 10.6. The molecular weight excluding hydrogens is 259 g/mol. The van der Waals surface area contributed by atoms with E-state index < -0.39 is 11.8 Å². The number of halogens is 1. The molecule has 2 aromatic rings. The van der Waals surface area contributed by atoms with Gasteiger partial charge in [-0.25, -0.2) is 9.18 Å². The van der Waals surface area contributed by atoms with Crippen molar-refractivity contribution in [3.8, 4) is 16.9 Å². The van der Waals surface area contributed by atoms with Crippen molar-refractivity contribution in [2.75, 3.05) is 0 Å². The van der Waals surface area contributed by atoms with Crippen molar-refractivity contribution in [1.82, 2.24) is 0 Å². The van der Waals surface area contributed by atoms with Crippen LogP contribution in [0.4, 0.5) is 4.39 Å². The third-order valence-corrected chi connectivity index (χ3v) is 2.75. The van der Waals surface area contributed by atoms with Gasteiger partial charge in [-0.1, -0.05) is 18.2 Å². The SMILES string of the molecule is CC(C)Oc1ccccc1-c1cc(C(=O)O)ccc1F. The number of para-hydroxylation sites is 1. The highest BCUT2D eigenvalue weighted by atomic mass is 19.1. The van der Waals surface area contributed by atoms with Gasteiger partial charge in [-0.15, -0.1) is 0 Å². The van der Waals surface area contributed by atoms with Gasteiger partial charge in [-0.05, 0) is 38.1 Å². The first-order valence-corrected chi connectivity index (χ1v) is 6.28. The molecule has 0 unspecified atom stereocenters. The molecule has 1 N–H and O–H groups in total. The highest BCUT2D eigenvalue weighted by molar-refractivity contribution is 5.90. The summed E-state index contributed by atoms with van der Waals surface area (Å²) >= 11 is 0. The molecular formula is C16H15FO3. The molecule has 0 aliphatic carbocycles. The van der Waals surface area contributed by atoms with Gasteiger partial charge in [0, 0.05) is 11.1 Å². The topological polar surface area (TPSA) is 46.5 Å². The van der Waals surface area contributed by atoms with E-state index in [9.17, 15) is 9.18 Å². The Kier molecular flexibility index (Phi) is 4.03. The van der Waals surface area contributed by atoms with E-state index in [0.717, 1.165) is 6.07 Å². The summed E-state index contributed by atoms with van der Waals surface area (Å²) in [5.74, 6) is -1.03. The number of carboxylic acid groups (broad SMARTS) is 1. The number of aromatic carboxylic acids is 1. The molecule has 0 amide bonds. The van der Waals surface area contributed by atoms with Crippen LogP contribution in [0.2, 0.25) is 0 Å². The van der Waals surface area contributed by atoms with E-state index in [4.69, 9.17) is 9.84 Å². The fraction of sp³-hybridized carbons (Fsp3) is 0.188. The van der Waals surface area contributed by atoms with E-state index in [1.54, 1.807) is 24.3 Å². The fourth-order valence-electron chi connectivity index (χ4n) is 1.91. The predicted octanol–water partition coefficient (Wildman–Crippen LogP) is 3.98. The Morgan fingerprint density at radius 2 is 1.85 bits per heavy atom. The molecule has 0 heterocycles. The van der Waals surface area contributed by atoms with Gasteiger partial charge in [0.15, 0.2) is 0 Å². The van der Waals surface area contributed by atoms with E-state index >= 15 is 0 Å². The quantitative estimate of drug-likeness (QED) is 0.917. The van der Waals surface area contributed by atoms with E-state index in [1.165, 1.54) is 12.1 Å². The molecule has 20 heavy (non-hydrogen) atoms. The van der Waals surface area contributed by atoms with Gasteiger partial charge >= 0.3 is 5.97 Å². The lowest BCUT2D eigenvalue weighted by Gasteiger charge is -2.15. The van der Waals surface area contributed by atoms with E-state index in [-0.39, 0.29) is 17.2 Å². The summed E-state index contributed by atoms with van der Waals surface area (Å²) in [6.45, 7) is 3.75. The Labute approximate surface area is 116 Å². The van der Waals surface area contributed by atoms with Gasteiger partial charge in [0.2, 0.25) is 0 Å². The molecule has 3 nitrogen and oxygen atoms in total. The first kappa shape index (κ1) is 14.1. The van der Waals surface area contributed by atoms with Crippen LogP contribution in [0.15, 0.2) is 42.5 Å². The van der Waals surface area contributed by atoms with Crippen LogP contribution >= 0.6 is 0 Å². The second-order valence-electron chi connectivity index (χ2n) is 4.66. The molecule has 2 aromatic carbocycles. The standard InChI is InChI=1S/C16H15FO3/c1-10(2)20-15-6-4-3-5-12(15)13-9-11(16(18)19)7-8-14(13)17/h3-10H,1-2H3,(H,18,19). The smallest absolute Gasteiger partial charge is 0.335 e. The molecule has 0 fully saturated rings. The van der Waals surface area contributed by atoms with Gasteiger partial charge in [-0.3, -0.25) is 0 Å². The predicted molar refractivity (Wildman–Crippen MR) is 74.6 cm³/mol. The van der Waals surface area contributed by atoms with Crippen molar-refractivity contribution in [2.45, 2.75) is 20.0 Å². The second-order valence-corrected chi connectivity index (χ2v) is 4.66. The average Bonchev–Trinajstić information content (AvgIpc) is 2.39. The van der Waals surface area contributed by atoms with Crippen LogP contribution in [0.3, 0.4) is 0 Å². The summed E-state index contributed by atoms with van der Waals surface area (Å²) < 4.78 is 19.6. The molecule has 0 aliphatic heterocycles. The van der Waals surface area contributed by atoms with Crippen molar-refractivity contribution >= 4 is 5.97 Å². The van der Waals surface area contributed by atoms with Crippen LogP contribution in [-0.4, -0.2) is 17.2 Å². The van der Waals surface area contributed by atoms with Crippen molar-refractivity contribution in [1.29, 1.82) is 0 Å². The van der Waals surface area contributed by atoms with E-state index in [2.05, 4.69) is 0 Å². The van der Waals surface area contributed by atoms with E-state index in [0.29, 0.717) is 11.3 Å². The Hall–Kier alpha value is -2.36. The zero-order chi connectivity index (χ0) is 14.7. The van der Waals surface area contributed by atoms with Crippen LogP contribution in [0.1, 0.15) is 24.2 Å². The molecule has 104 valence electrons. The number of carboxylic acids is 1. The maximum Gasteiger partial charge on any atom is 0.335 e. The van der Waals surface area contributed by atoms with Crippen molar-refractivity contribution in [3.63, 3.8) is 0 Å². The maximum absolute atomic E-state index is 14.0. The van der Waals surface area contributed by atoms with Crippen LogP contribution in [-0.2, 0) is 0 Å². The number of hydrogen-bond donors (Lipinski definition) is 1. The summed E-state index contributed by atoms with van der Waals surface area (Å²) in [6.07, 6.45) is -0.0538. The van der Waals surface area contributed by atoms with Gasteiger partial charge in [0.1, 0.15) is 11.6 Å². The summed E-state index contributed by atoms with van der Waals surface area (Å²) in [7, 11) is 0. The number of hydrogen-bond acceptors (Lipinski definition) is 2. The van der Waals surface area contributed by atoms with E-state index in [1.807, 2.05) is 13.8 Å². The van der Waals surface area contributed by atoms with Crippen molar-refractivity contribution < 1.29 is 19.0 Å². The van der Waals surface area contributed by atoms with Gasteiger partial charge in [-0.2, -0.15) is 0 Å². The van der Waals surface area contributed by atoms with Crippen LogP contribution < -0.4 is 4.74 Å². The minimum atomic E-state index is -1.09. The molecule has 0 saturated carbocycles. The summed E-state index contributed by atoms with van der Waals surface area (Å²) in [5.41, 5.74) is 0.809. The molecule has 0 aliphatic rings. The van der Waals surface area contributed by atoms with Gasteiger partial charge < -0.3 is 9.84 Å². The Morgan fingerprint density at radius 3 is 2.50 bits per heavy atom. The molecule has 0 saturated heterocycles. The Balaban J connectivity index is 2.56. The molecule has 0 spiro atoms. The minimum absolute atomic E-state index is 0.0424. The second kappa shape index (κ2) is 5.74. The molecule has 2 rings (SSSR count). The summed E-state index contributed by atoms with van der Waals surface area (Å²) in [4.78, 5) is 11.0. The minimum Gasteiger partial charge on any atom is -0.490 e. The maximum atomic E-state index is 14.0. The molecule has 0 bridgehead atoms. The molecule has 0 atom stereocenters. The lowest BCUT2D eigenvalue weighted by Crippen LogP contribution is -2.07. The van der Waals surface area contributed by atoms with Crippen molar-refractivity contribution in [3.05, 3.63) is 53.8 Å². The lowest BCUT2D eigenvalue weighted by molar-refractivity contribution is 0.0697. The number of benzene rings is 2. The first-order chi connectivity index (χ1) is 9.49. The zero-order valence-electron chi connectivity index (χ0n) is 11.3. The summed E-state index contributed by atoms with van der Waals surface area (Å²) in [6, 6.07) is 10.7. The zero-order valence-corrected chi connectivity index (χ0v) is 11.3. The molecule has 0 radical (unpaired) electrons. The van der Waals surface area contributed by atoms with Gasteiger partial charge in [0.05, 0.1) is 11.7 Å². The highest BCUT2D eigenvalue weighted by Crippen LogP contribution is 2.32. The van der Waals surface area contributed by atoms with Crippen LogP contribution in [0.5, 0.6) is 5.75 Å². The van der Waals surface area contributed by atoms with Crippen molar-refractivity contribution in [2.24, 2.45) is 0 Å². The first-order valence-electron chi connectivity index (χ1n) is 6.28. The van der Waals surface area contributed by atoms with Crippen LogP contribution in [0.25, 0.3) is 11.1 Å². The molecule has 0 aromatic heterocycles. The number of carbonyl (C=O) groups is 1. The monoisotopic (exact) mass is 274 g/mol. The third kappa shape index (κ3) is 2.96. The largest absolute Gasteiger partial charge is 0.490 e. The Bertz CT molecular complexity index is 635. The molecule has 4 heteroatoms. The van der Waals surface area contributed by atoms with Gasteiger partial charge in [0.25, 0.3) is 0 Å². The highest BCUT2D eigenvalue weighted by Gasteiger charge is 2.14. The number of rotatable bonds is 4. The fourth-order valence-corrected chi connectivity index (χ4v) is 1.91. The summed E-state index contributed by atoms with van der Waals surface area (Å²) in [5, 5.41) is 9.01.